The van der Waals surface area contributed by atoms with Gasteiger partial charge in [-0.05, 0) is 25.0 Å². The van der Waals surface area contributed by atoms with Crippen LogP contribution in [-0.4, -0.2) is 27.1 Å². The highest BCUT2D eigenvalue weighted by Gasteiger charge is 2.12. The van der Waals surface area contributed by atoms with Crippen LogP contribution in [0.1, 0.15) is 23.2 Å². The summed E-state index contributed by atoms with van der Waals surface area (Å²) in [5.74, 6) is 0.550. The summed E-state index contributed by atoms with van der Waals surface area (Å²) in [6, 6.07) is 3.96. The van der Waals surface area contributed by atoms with Crippen molar-refractivity contribution in [1.29, 1.82) is 0 Å². The normalized spacial score (nSPS) is 14.4. The molecular weight excluding hydrogens is 274 g/mol. The third-order valence-electron chi connectivity index (χ3n) is 2.97. The molecule has 2 aromatic heterocycles. The molecule has 1 amide bonds. The summed E-state index contributed by atoms with van der Waals surface area (Å²) >= 11 is 1.28. The molecule has 0 spiro atoms. The van der Waals surface area contributed by atoms with Gasteiger partial charge < -0.3 is 5.32 Å². The summed E-state index contributed by atoms with van der Waals surface area (Å²) in [7, 11) is 0. The van der Waals surface area contributed by atoms with E-state index in [4.69, 9.17) is 0 Å². The average molecular weight is 287 g/mol. The summed E-state index contributed by atoms with van der Waals surface area (Å²) in [5, 5.41) is 13.9. The van der Waals surface area contributed by atoms with Gasteiger partial charge in [-0.3, -0.25) is 10.1 Å². The van der Waals surface area contributed by atoms with E-state index in [2.05, 4.69) is 38.0 Å². The Hall–Kier alpha value is -2.28. The number of amides is 1. The van der Waals surface area contributed by atoms with Crippen molar-refractivity contribution in [3.8, 4) is 0 Å². The zero-order valence-corrected chi connectivity index (χ0v) is 11.4. The molecule has 6 nitrogen and oxygen atoms in total. The van der Waals surface area contributed by atoms with Gasteiger partial charge in [0.15, 0.2) is 0 Å². The number of hydrogen-bond donors (Lipinski definition) is 2. The van der Waals surface area contributed by atoms with Crippen molar-refractivity contribution in [3.63, 3.8) is 0 Å². The van der Waals surface area contributed by atoms with Gasteiger partial charge in [0.25, 0.3) is 5.91 Å². The van der Waals surface area contributed by atoms with E-state index in [-0.39, 0.29) is 5.91 Å². The fraction of sp³-hybridized carbons (Fsp3) is 0.231. The van der Waals surface area contributed by atoms with Crippen molar-refractivity contribution >= 4 is 28.2 Å². The molecule has 0 bridgehead atoms. The Balaban J connectivity index is 1.61. The van der Waals surface area contributed by atoms with E-state index in [0.717, 1.165) is 18.7 Å². The topological polar surface area (TPSA) is 79.8 Å². The van der Waals surface area contributed by atoms with E-state index in [1.807, 2.05) is 6.07 Å². The second kappa shape index (κ2) is 5.79. The SMILES string of the molecule is O=C(Nc1nncs1)c1ccc(NC2CC=CC2)nc1. The second-order valence-electron chi connectivity index (χ2n) is 4.41. The maximum atomic E-state index is 11.9. The molecule has 1 aliphatic carbocycles. The van der Waals surface area contributed by atoms with Crippen molar-refractivity contribution in [2.45, 2.75) is 18.9 Å². The minimum atomic E-state index is -0.233. The summed E-state index contributed by atoms with van der Waals surface area (Å²) in [5.41, 5.74) is 2.06. The lowest BCUT2D eigenvalue weighted by atomic mass is 10.2. The molecule has 20 heavy (non-hydrogen) atoms. The second-order valence-corrected chi connectivity index (χ2v) is 5.25. The molecule has 0 atom stereocenters. The van der Waals surface area contributed by atoms with Gasteiger partial charge in [-0.15, -0.1) is 10.2 Å². The Morgan fingerprint density at radius 2 is 2.15 bits per heavy atom. The maximum Gasteiger partial charge on any atom is 0.259 e. The largest absolute Gasteiger partial charge is 0.367 e. The highest BCUT2D eigenvalue weighted by molar-refractivity contribution is 7.13. The Morgan fingerprint density at radius 3 is 2.80 bits per heavy atom. The van der Waals surface area contributed by atoms with E-state index in [1.54, 1.807) is 17.8 Å². The van der Waals surface area contributed by atoms with Gasteiger partial charge in [0.2, 0.25) is 5.13 Å². The molecule has 0 saturated heterocycles. The van der Waals surface area contributed by atoms with Crippen LogP contribution in [0.2, 0.25) is 0 Å². The molecule has 1 aliphatic rings. The third-order valence-corrected chi connectivity index (χ3v) is 3.57. The fourth-order valence-corrected chi connectivity index (χ4v) is 2.39. The first-order valence-corrected chi connectivity index (χ1v) is 7.14. The molecule has 102 valence electrons. The van der Waals surface area contributed by atoms with Crippen LogP contribution in [0.3, 0.4) is 0 Å². The van der Waals surface area contributed by atoms with Gasteiger partial charge in [-0.1, -0.05) is 23.5 Å². The average Bonchev–Trinajstić information content (AvgIpc) is 3.13. The molecule has 2 aromatic rings. The number of anilines is 2. The summed E-state index contributed by atoms with van der Waals surface area (Å²) in [6.45, 7) is 0. The Kier molecular flexibility index (Phi) is 3.69. The maximum absolute atomic E-state index is 11.9. The number of pyridine rings is 1. The zero-order valence-electron chi connectivity index (χ0n) is 10.6. The number of carbonyl (C=O) groups is 1. The standard InChI is InChI=1S/C13H13N5OS/c19-12(17-13-18-15-8-20-13)9-5-6-11(14-7-9)16-10-3-1-2-4-10/h1-2,5-8,10H,3-4H2,(H,14,16)(H,17,18,19). The van der Waals surface area contributed by atoms with Gasteiger partial charge in [0.05, 0.1) is 5.56 Å². The van der Waals surface area contributed by atoms with Crippen LogP contribution >= 0.6 is 11.3 Å². The number of rotatable bonds is 4. The van der Waals surface area contributed by atoms with Crippen molar-refractivity contribution in [2.24, 2.45) is 0 Å². The molecule has 2 heterocycles. The summed E-state index contributed by atoms with van der Waals surface area (Å²) < 4.78 is 0. The molecule has 0 fully saturated rings. The van der Waals surface area contributed by atoms with E-state index < -0.39 is 0 Å². The van der Waals surface area contributed by atoms with E-state index >= 15 is 0 Å². The van der Waals surface area contributed by atoms with Gasteiger partial charge >= 0.3 is 0 Å². The number of nitrogens with zero attached hydrogens (tertiary/aromatic N) is 3. The molecule has 3 rings (SSSR count). The fourth-order valence-electron chi connectivity index (χ4n) is 1.95. The van der Waals surface area contributed by atoms with Crippen molar-refractivity contribution in [3.05, 3.63) is 41.6 Å². The van der Waals surface area contributed by atoms with Crippen LogP contribution in [0.25, 0.3) is 0 Å². The lowest BCUT2D eigenvalue weighted by Crippen LogP contribution is -2.17. The number of nitrogens with one attached hydrogen (secondary N) is 2. The molecule has 0 unspecified atom stereocenters. The molecular formula is C13H13N5OS. The molecule has 0 aromatic carbocycles. The van der Waals surface area contributed by atoms with Crippen molar-refractivity contribution in [1.82, 2.24) is 15.2 Å². The van der Waals surface area contributed by atoms with Crippen LogP contribution in [0, 0.1) is 0 Å². The van der Waals surface area contributed by atoms with Crippen LogP contribution in [0.5, 0.6) is 0 Å². The van der Waals surface area contributed by atoms with E-state index in [0.29, 0.717) is 16.7 Å². The predicted molar refractivity (Wildman–Crippen MR) is 77.9 cm³/mol. The number of carbonyl (C=O) groups excluding carboxylic acids is 1. The Morgan fingerprint density at radius 1 is 1.30 bits per heavy atom. The quantitative estimate of drug-likeness (QED) is 0.844. The number of hydrogen-bond acceptors (Lipinski definition) is 6. The Bertz CT molecular complexity index is 600. The Labute approximate surface area is 120 Å². The highest BCUT2D eigenvalue weighted by Crippen LogP contribution is 2.16. The van der Waals surface area contributed by atoms with Gasteiger partial charge in [0.1, 0.15) is 11.3 Å². The van der Waals surface area contributed by atoms with E-state index in [9.17, 15) is 4.79 Å². The molecule has 0 aliphatic heterocycles. The summed E-state index contributed by atoms with van der Waals surface area (Å²) in [4.78, 5) is 16.2. The van der Waals surface area contributed by atoms with Crippen LogP contribution in [0.15, 0.2) is 36.0 Å². The number of aromatic nitrogens is 3. The minimum absolute atomic E-state index is 0.233. The van der Waals surface area contributed by atoms with Crippen molar-refractivity contribution in [2.75, 3.05) is 10.6 Å². The van der Waals surface area contributed by atoms with Crippen LogP contribution < -0.4 is 10.6 Å². The highest BCUT2D eigenvalue weighted by atomic mass is 32.1. The molecule has 2 N–H and O–H groups in total. The van der Waals surface area contributed by atoms with Gasteiger partial charge in [-0.25, -0.2) is 4.98 Å². The predicted octanol–water partition coefficient (Wildman–Crippen LogP) is 2.32. The first-order chi connectivity index (χ1) is 9.81. The molecule has 0 radical (unpaired) electrons. The monoisotopic (exact) mass is 287 g/mol. The molecule has 0 saturated carbocycles. The minimum Gasteiger partial charge on any atom is -0.367 e. The lowest BCUT2D eigenvalue weighted by molar-refractivity contribution is 0.102. The van der Waals surface area contributed by atoms with Gasteiger partial charge in [-0.2, -0.15) is 0 Å². The summed E-state index contributed by atoms with van der Waals surface area (Å²) in [6.07, 6.45) is 7.89. The molecule has 7 heteroatoms. The first-order valence-electron chi connectivity index (χ1n) is 6.26. The van der Waals surface area contributed by atoms with E-state index in [1.165, 1.54) is 11.3 Å². The lowest BCUT2D eigenvalue weighted by Gasteiger charge is -2.12. The zero-order chi connectivity index (χ0) is 13.8. The van der Waals surface area contributed by atoms with Crippen LogP contribution in [-0.2, 0) is 0 Å². The first kappa shape index (κ1) is 12.7. The third kappa shape index (κ3) is 3.00. The van der Waals surface area contributed by atoms with Crippen molar-refractivity contribution < 1.29 is 4.79 Å². The smallest absolute Gasteiger partial charge is 0.259 e. The van der Waals surface area contributed by atoms with Gasteiger partial charge in [0, 0.05) is 12.2 Å². The van der Waals surface area contributed by atoms with Crippen LogP contribution in [0.4, 0.5) is 10.9 Å².